The number of fused-ring (bicyclic) bond motifs is 5. The van der Waals surface area contributed by atoms with E-state index < -0.39 is 17.9 Å². The van der Waals surface area contributed by atoms with Crippen LogP contribution in [0, 0.1) is 11.8 Å². The number of rotatable bonds is 2. The Kier molecular flexibility index (Phi) is 3.42. The van der Waals surface area contributed by atoms with Crippen LogP contribution in [0.5, 0.6) is 0 Å². The number of benzene rings is 2. The van der Waals surface area contributed by atoms with Crippen molar-refractivity contribution in [3.05, 3.63) is 77.5 Å². The van der Waals surface area contributed by atoms with E-state index in [1.54, 1.807) is 12.1 Å². The second-order valence-electron chi connectivity index (χ2n) is 7.43. The number of nitrogens with zero attached hydrogens (tertiary/aromatic N) is 1. The van der Waals surface area contributed by atoms with E-state index in [2.05, 4.69) is 0 Å². The van der Waals surface area contributed by atoms with Gasteiger partial charge in [-0.3, -0.25) is 24.2 Å². The van der Waals surface area contributed by atoms with Crippen LogP contribution in [0.15, 0.2) is 60.8 Å². The number of hydrogen-bond donors (Lipinski definition) is 1. The first-order chi connectivity index (χ1) is 13.1. The molecule has 0 spiro atoms. The zero-order chi connectivity index (χ0) is 18.7. The summed E-state index contributed by atoms with van der Waals surface area (Å²) in [5, 5.41) is 0. The molecule has 27 heavy (non-hydrogen) atoms. The number of likely N-dealkylation sites (tertiary alicyclic amines) is 1. The Bertz CT molecular complexity index is 998. The summed E-state index contributed by atoms with van der Waals surface area (Å²) >= 11 is 0. The van der Waals surface area contributed by atoms with Crippen molar-refractivity contribution in [2.75, 3.05) is 7.05 Å². The summed E-state index contributed by atoms with van der Waals surface area (Å²) in [5.74, 6) is -1.62. The van der Waals surface area contributed by atoms with Crippen molar-refractivity contribution in [1.29, 1.82) is 0 Å². The molecular weight excluding hydrogens is 340 g/mol. The highest BCUT2D eigenvalue weighted by Gasteiger charge is 2.67. The number of ketones is 1. The van der Waals surface area contributed by atoms with Gasteiger partial charge in [-0.05, 0) is 11.6 Å². The molecule has 2 amide bonds. The van der Waals surface area contributed by atoms with E-state index >= 15 is 0 Å². The molecule has 1 unspecified atom stereocenters. The van der Waals surface area contributed by atoms with Crippen LogP contribution in [0.25, 0.3) is 6.08 Å². The quantitative estimate of drug-likeness (QED) is 0.645. The number of Topliss-reactive ketones (excluding diaryl/α,β-unsaturated/α-hetero) is 1. The molecule has 3 heterocycles. The molecule has 0 bridgehead atoms. The van der Waals surface area contributed by atoms with E-state index in [0.29, 0.717) is 5.56 Å². The van der Waals surface area contributed by atoms with Gasteiger partial charge in [0.25, 0.3) is 0 Å². The second-order valence-corrected chi connectivity index (χ2v) is 7.43. The van der Waals surface area contributed by atoms with Gasteiger partial charge in [0.05, 0.1) is 6.20 Å². The fraction of sp³-hybridized carbons (Fsp3) is 0.227. The Morgan fingerprint density at radius 3 is 2.37 bits per heavy atom. The molecule has 5 nitrogen and oxygen atoms in total. The van der Waals surface area contributed by atoms with Gasteiger partial charge in [0, 0.05) is 18.2 Å². The molecule has 134 valence electrons. The highest BCUT2D eigenvalue weighted by Crippen LogP contribution is 2.43. The molecule has 2 aromatic rings. The number of amides is 2. The first-order valence-electron chi connectivity index (χ1n) is 9.14. The molecule has 2 saturated heterocycles. The minimum Gasteiger partial charge on any atom is -0.292 e. The van der Waals surface area contributed by atoms with Crippen LogP contribution in [-0.2, 0) is 9.59 Å². The maximum atomic E-state index is 13.4. The lowest BCUT2D eigenvalue weighted by atomic mass is 9.83. The van der Waals surface area contributed by atoms with Crippen LogP contribution >= 0.6 is 0 Å². The van der Waals surface area contributed by atoms with Crippen LogP contribution in [0.4, 0.5) is 0 Å². The van der Waals surface area contributed by atoms with Gasteiger partial charge in [-0.2, -0.15) is 0 Å². The van der Waals surface area contributed by atoms with Gasteiger partial charge in [0.1, 0.15) is 17.9 Å². The average Bonchev–Trinajstić information content (AvgIpc) is 3.17. The minimum absolute atomic E-state index is 0.0800. The van der Waals surface area contributed by atoms with Crippen LogP contribution in [0.2, 0.25) is 0 Å². The maximum absolute atomic E-state index is 13.4. The summed E-state index contributed by atoms with van der Waals surface area (Å²) in [7, 11) is 1.53. The number of nitrogens with one attached hydrogen (secondary N) is 1. The summed E-state index contributed by atoms with van der Waals surface area (Å²) in [6.07, 6.45) is 3.95. The summed E-state index contributed by atoms with van der Waals surface area (Å²) in [4.78, 5) is 41.3. The molecule has 0 aliphatic carbocycles. The number of imide groups is 1. The van der Waals surface area contributed by atoms with Gasteiger partial charge in [-0.15, -0.1) is 0 Å². The third kappa shape index (κ3) is 2.12. The van der Waals surface area contributed by atoms with Crippen LogP contribution in [0.1, 0.15) is 27.5 Å². The summed E-state index contributed by atoms with van der Waals surface area (Å²) < 4.78 is 0. The van der Waals surface area contributed by atoms with Gasteiger partial charge in [0.2, 0.25) is 17.6 Å². The molecule has 5 rings (SSSR count). The number of carbonyl (C=O) groups is 3. The summed E-state index contributed by atoms with van der Waals surface area (Å²) in [6, 6.07) is 16.2. The standard InChI is InChI=1S/C22H18N2O3/c1-23-21(26)16-17(22(23)27)19(20(25)14-8-3-2-4-9-14)24-12-11-13-7-5-6-10-15(13)18(16)24/h2-12,16-19H,1H3/p+1/t16-,17+,18+,19-/m1/s1. The lowest BCUT2D eigenvalue weighted by Crippen LogP contribution is -3.12. The van der Waals surface area contributed by atoms with Crippen molar-refractivity contribution in [3.63, 3.8) is 0 Å². The first kappa shape index (κ1) is 16.1. The van der Waals surface area contributed by atoms with Crippen molar-refractivity contribution in [1.82, 2.24) is 4.90 Å². The van der Waals surface area contributed by atoms with Gasteiger partial charge in [0.15, 0.2) is 6.04 Å². The van der Waals surface area contributed by atoms with Crippen molar-refractivity contribution in [2.24, 2.45) is 11.8 Å². The average molecular weight is 359 g/mol. The van der Waals surface area contributed by atoms with E-state index in [1.165, 1.54) is 11.9 Å². The number of quaternary nitrogens is 1. The van der Waals surface area contributed by atoms with E-state index in [1.807, 2.05) is 54.7 Å². The molecule has 5 atom stereocenters. The molecule has 2 fully saturated rings. The Labute approximate surface area is 156 Å². The van der Waals surface area contributed by atoms with Crippen molar-refractivity contribution in [3.8, 4) is 0 Å². The Morgan fingerprint density at radius 1 is 0.926 bits per heavy atom. The lowest BCUT2D eigenvalue weighted by Gasteiger charge is -2.30. The monoisotopic (exact) mass is 359 g/mol. The maximum Gasteiger partial charge on any atom is 0.239 e. The molecule has 1 N–H and O–H groups in total. The molecule has 2 aromatic carbocycles. The predicted molar refractivity (Wildman–Crippen MR) is 98.5 cm³/mol. The van der Waals surface area contributed by atoms with Gasteiger partial charge in [-0.25, -0.2) is 0 Å². The highest BCUT2D eigenvalue weighted by atomic mass is 16.2. The van der Waals surface area contributed by atoms with E-state index in [0.717, 1.165) is 16.0 Å². The first-order valence-corrected chi connectivity index (χ1v) is 9.14. The summed E-state index contributed by atoms with van der Waals surface area (Å²) in [5.41, 5.74) is 2.66. The Balaban J connectivity index is 1.67. The van der Waals surface area contributed by atoms with E-state index in [4.69, 9.17) is 0 Å². The number of carbonyl (C=O) groups excluding carboxylic acids is 3. The molecule has 0 radical (unpaired) electrons. The van der Waals surface area contributed by atoms with Crippen molar-refractivity contribution in [2.45, 2.75) is 12.1 Å². The van der Waals surface area contributed by atoms with Crippen molar-refractivity contribution < 1.29 is 19.3 Å². The Hall–Kier alpha value is -3.05. The van der Waals surface area contributed by atoms with E-state index in [-0.39, 0.29) is 23.6 Å². The van der Waals surface area contributed by atoms with Gasteiger partial charge < -0.3 is 0 Å². The fourth-order valence-electron chi connectivity index (χ4n) is 4.98. The summed E-state index contributed by atoms with van der Waals surface area (Å²) in [6.45, 7) is 0. The zero-order valence-electron chi connectivity index (χ0n) is 14.8. The molecule has 3 aliphatic rings. The molecule has 5 heteroatoms. The lowest BCUT2D eigenvalue weighted by molar-refractivity contribution is -0.884. The number of hydrogen-bond acceptors (Lipinski definition) is 3. The van der Waals surface area contributed by atoms with Crippen LogP contribution < -0.4 is 4.90 Å². The normalized spacial score (nSPS) is 30.9. The minimum atomic E-state index is -0.619. The van der Waals surface area contributed by atoms with E-state index in [9.17, 15) is 14.4 Å². The van der Waals surface area contributed by atoms with Crippen molar-refractivity contribution >= 4 is 23.7 Å². The predicted octanol–water partition coefficient (Wildman–Crippen LogP) is 1.09. The van der Waals surface area contributed by atoms with Gasteiger partial charge >= 0.3 is 0 Å². The van der Waals surface area contributed by atoms with Crippen LogP contribution in [0.3, 0.4) is 0 Å². The molecule has 3 aliphatic heterocycles. The largest absolute Gasteiger partial charge is 0.292 e. The molecule has 0 aromatic heterocycles. The van der Waals surface area contributed by atoms with Crippen LogP contribution in [-0.4, -0.2) is 35.6 Å². The highest BCUT2D eigenvalue weighted by molar-refractivity contribution is 6.10. The second kappa shape index (κ2) is 5.72. The Morgan fingerprint density at radius 2 is 1.59 bits per heavy atom. The third-order valence-corrected chi connectivity index (χ3v) is 6.18. The molecular formula is C22H19N2O3+. The topological polar surface area (TPSA) is 58.9 Å². The molecule has 0 saturated carbocycles. The smallest absolute Gasteiger partial charge is 0.239 e. The third-order valence-electron chi connectivity index (χ3n) is 6.18. The fourth-order valence-corrected chi connectivity index (χ4v) is 4.98. The zero-order valence-corrected chi connectivity index (χ0v) is 14.8. The SMILES string of the molecule is CN1C(=O)[C@@H]2[C@H](C1=O)[C@H](C(=O)c1ccccc1)[NH+]1C=Cc3ccccc3[C@@H]21. The van der Waals surface area contributed by atoms with Gasteiger partial charge in [-0.1, -0.05) is 54.6 Å².